The van der Waals surface area contributed by atoms with E-state index in [4.69, 9.17) is 11.6 Å². The van der Waals surface area contributed by atoms with Crippen LogP contribution in [0.25, 0.3) is 0 Å². The highest BCUT2D eigenvalue weighted by atomic mass is 127. The van der Waals surface area contributed by atoms with Crippen LogP contribution in [-0.4, -0.2) is 48.5 Å². The van der Waals surface area contributed by atoms with Crippen molar-refractivity contribution in [2.75, 3.05) is 26.7 Å². The molecule has 1 amide bonds. The molecule has 0 saturated heterocycles. The SMILES string of the molecule is CN=C(NCCNC(=O)c1scnc1C)NCCc1ccc(Cl)nc1.I. The minimum absolute atomic E-state index is 0. The lowest BCUT2D eigenvalue weighted by atomic mass is 10.2. The normalized spacial score (nSPS) is 10.8. The molecule has 0 aliphatic rings. The van der Waals surface area contributed by atoms with Gasteiger partial charge in [-0.25, -0.2) is 9.97 Å². The maximum absolute atomic E-state index is 12.0. The Bertz CT molecular complexity index is 722. The first-order valence-electron chi connectivity index (χ1n) is 7.83. The molecule has 10 heteroatoms. The summed E-state index contributed by atoms with van der Waals surface area (Å²) in [5, 5.41) is 9.72. The maximum Gasteiger partial charge on any atom is 0.263 e. The molecule has 2 rings (SSSR count). The first-order chi connectivity index (χ1) is 12.1. The van der Waals surface area contributed by atoms with E-state index >= 15 is 0 Å². The summed E-state index contributed by atoms with van der Waals surface area (Å²) in [6.45, 7) is 3.62. The lowest BCUT2D eigenvalue weighted by Crippen LogP contribution is -2.42. The number of carbonyl (C=O) groups is 1. The highest BCUT2D eigenvalue weighted by Crippen LogP contribution is 2.11. The van der Waals surface area contributed by atoms with Gasteiger partial charge >= 0.3 is 0 Å². The zero-order chi connectivity index (χ0) is 18.1. The smallest absolute Gasteiger partial charge is 0.263 e. The Balaban J connectivity index is 0.00000338. The molecule has 0 atom stereocenters. The van der Waals surface area contributed by atoms with Crippen molar-refractivity contribution in [1.29, 1.82) is 0 Å². The van der Waals surface area contributed by atoms with Crippen LogP contribution < -0.4 is 16.0 Å². The highest BCUT2D eigenvalue weighted by Gasteiger charge is 2.10. The van der Waals surface area contributed by atoms with Crippen molar-refractivity contribution in [1.82, 2.24) is 25.9 Å². The first kappa shape index (κ1) is 22.6. The maximum atomic E-state index is 12.0. The molecule has 0 saturated carbocycles. The second-order valence-electron chi connectivity index (χ2n) is 5.19. The van der Waals surface area contributed by atoms with Gasteiger partial charge in [-0.05, 0) is 25.0 Å². The van der Waals surface area contributed by atoms with E-state index in [1.165, 1.54) is 11.3 Å². The number of thiazole rings is 1. The predicted octanol–water partition coefficient (Wildman–Crippen LogP) is 2.26. The lowest BCUT2D eigenvalue weighted by Gasteiger charge is -2.12. The van der Waals surface area contributed by atoms with E-state index < -0.39 is 0 Å². The topological polar surface area (TPSA) is 91.3 Å². The molecule has 0 aromatic carbocycles. The molecule has 0 unspecified atom stereocenters. The number of guanidine groups is 1. The number of carbonyl (C=O) groups excluding carboxylic acids is 1. The number of aryl methyl sites for hydroxylation is 1. The van der Waals surface area contributed by atoms with Gasteiger partial charge in [-0.3, -0.25) is 9.79 Å². The molecule has 0 radical (unpaired) electrons. The summed E-state index contributed by atoms with van der Waals surface area (Å²) in [5.41, 5.74) is 3.52. The van der Waals surface area contributed by atoms with Gasteiger partial charge < -0.3 is 16.0 Å². The van der Waals surface area contributed by atoms with Gasteiger partial charge in [-0.2, -0.15) is 0 Å². The van der Waals surface area contributed by atoms with Crippen molar-refractivity contribution >= 4 is 58.8 Å². The standard InChI is InChI=1S/C16H21ClN6OS.HI/c1-11-14(25-10-23-11)15(24)19-7-8-21-16(18-2)20-6-5-12-3-4-13(17)22-9-12;/h3-4,9-10H,5-8H2,1-2H3,(H,19,24)(H2,18,20,21);1H. The molecule has 0 aliphatic carbocycles. The number of hydrogen-bond acceptors (Lipinski definition) is 5. The molecule has 2 aromatic rings. The van der Waals surface area contributed by atoms with E-state index in [1.807, 2.05) is 13.0 Å². The van der Waals surface area contributed by atoms with Crippen molar-refractivity contribution in [3.8, 4) is 0 Å². The van der Waals surface area contributed by atoms with E-state index in [9.17, 15) is 4.79 Å². The third-order valence-corrected chi connectivity index (χ3v) is 4.52. The number of hydrogen-bond donors (Lipinski definition) is 3. The fourth-order valence-electron chi connectivity index (χ4n) is 2.06. The number of aromatic nitrogens is 2. The number of nitrogens with one attached hydrogen (secondary N) is 3. The number of pyridine rings is 1. The summed E-state index contributed by atoms with van der Waals surface area (Å²) in [5.74, 6) is 0.588. The van der Waals surface area contributed by atoms with Crippen molar-refractivity contribution in [2.45, 2.75) is 13.3 Å². The van der Waals surface area contributed by atoms with E-state index in [0.717, 1.165) is 24.2 Å². The van der Waals surface area contributed by atoms with Crippen LogP contribution >= 0.6 is 46.9 Å². The Hall–Kier alpha value is -1.46. The Morgan fingerprint density at radius 3 is 2.54 bits per heavy atom. The minimum atomic E-state index is -0.0972. The van der Waals surface area contributed by atoms with Crippen molar-refractivity contribution in [2.24, 2.45) is 4.99 Å². The van der Waals surface area contributed by atoms with Crippen LogP contribution in [0.2, 0.25) is 5.15 Å². The van der Waals surface area contributed by atoms with Gasteiger partial charge in [0.05, 0.1) is 11.2 Å². The van der Waals surface area contributed by atoms with Gasteiger partial charge in [0.15, 0.2) is 5.96 Å². The van der Waals surface area contributed by atoms with Gasteiger partial charge in [-0.15, -0.1) is 35.3 Å². The van der Waals surface area contributed by atoms with Gasteiger partial charge in [0, 0.05) is 32.9 Å². The molecule has 0 bridgehead atoms. The zero-order valence-electron chi connectivity index (χ0n) is 14.6. The van der Waals surface area contributed by atoms with E-state index in [1.54, 1.807) is 24.8 Å². The second kappa shape index (κ2) is 12.0. The Labute approximate surface area is 179 Å². The van der Waals surface area contributed by atoms with Crippen LogP contribution in [0.5, 0.6) is 0 Å². The fourth-order valence-corrected chi connectivity index (χ4v) is 2.89. The van der Waals surface area contributed by atoms with Crippen LogP contribution in [0.15, 0.2) is 28.8 Å². The van der Waals surface area contributed by atoms with Crippen molar-refractivity contribution in [3.63, 3.8) is 0 Å². The molecule has 0 fully saturated rings. The van der Waals surface area contributed by atoms with Crippen molar-refractivity contribution < 1.29 is 4.79 Å². The predicted molar refractivity (Wildman–Crippen MR) is 117 cm³/mol. The van der Waals surface area contributed by atoms with E-state index in [2.05, 4.69) is 30.9 Å². The van der Waals surface area contributed by atoms with Gasteiger partial charge in [0.25, 0.3) is 5.91 Å². The van der Waals surface area contributed by atoms with Crippen LogP contribution in [0, 0.1) is 6.92 Å². The van der Waals surface area contributed by atoms with Crippen molar-refractivity contribution in [3.05, 3.63) is 45.1 Å². The summed E-state index contributed by atoms with van der Waals surface area (Å²) in [7, 11) is 1.71. The quantitative estimate of drug-likeness (QED) is 0.175. The van der Waals surface area contributed by atoms with Gasteiger partial charge in [-0.1, -0.05) is 17.7 Å². The zero-order valence-corrected chi connectivity index (χ0v) is 18.5. The summed E-state index contributed by atoms with van der Waals surface area (Å²) in [4.78, 5) is 24.9. The minimum Gasteiger partial charge on any atom is -0.356 e. The summed E-state index contributed by atoms with van der Waals surface area (Å²) >= 11 is 7.11. The molecule has 3 N–H and O–H groups in total. The van der Waals surface area contributed by atoms with Crippen LogP contribution in [0.4, 0.5) is 0 Å². The second-order valence-corrected chi connectivity index (χ2v) is 6.43. The molecule has 7 nitrogen and oxygen atoms in total. The number of amides is 1. The monoisotopic (exact) mass is 508 g/mol. The Morgan fingerprint density at radius 1 is 1.19 bits per heavy atom. The molecule has 0 aliphatic heterocycles. The molecule has 0 spiro atoms. The molecular formula is C16H22ClIN6OS. The Kier molecular flexibility index (Phi) is 10.4. The average molecular weight is 509 g/mol. The molecule has 2 heterocycles. The Morgan fingerprint density at radius 2 is 1.92 bits per heavy atom. The highest BCUT2D eigenvalue weighted by molar-refractivity contribution is 14.0. The third-order valence-electron chi connectivity index (χ3n) is 3.37. The third kappa shape index (κ3) is 7.42. The number of halogens is 2. The fraction of sp³-hybridized carbons (Fsp3) is 0.375. The number of nitrogens with zero attached hydrogens (tertiary/aromatic N) is 3. The van der Waals surface area contributed by atoms with Gasteiger partial charge in [0.1, 0.15) is 10.0 Å². The summed E-state index contributed by atoms with van der Waals surface area (Å²) in [6, 6.07) is 3.72. The van der Waals surface area contributed by atoms with Crippen LogP contribution in [-0.2, 0) is 6.42 Å². The molecular weight excluding hydrogens is 487 g/mol. The largest absolute Gasteiger partial charge is 0.356 e. The lowest BCUT2D eigenvalue weighted by molar-refractivity contribution is 0.0957. The van der Waals surface area contributed by atoms with E-state index in [-0.39, 0.29) is 29.9 Å². The molecule has 142 valence electrons. The summed E-state index contributed by atoms with van der Waals surface area (Å²) < 4.78 is 0. The van der Waals surface area contributed by atoms with Crippen LogP contribution in [0.3, 0.4) is 0 Å². The van der Waals surface area contributed by atoms with Gasteiger partial charge in [0.2, 0.25) is 0 Å². The van der Waals surface area contributed by atoms with Crippen LogP contribution in [0.1, 0.15) is 20.9 Å². The average Bonchev–Trinajstić information content (AvgIpc) is 3.04. The molecule has 26 heavy (non-hydrogen) atoms. The summed E-state index contributed by atoms with van der Waals surface area (Å²) in [6.07, 6.45) is 2.57. The number of rotatable bonds is 7. The number of aliphatic imine (C=N–C) groups is 1. The molecule has 2 aromatic heterocycles. The first-order valence-corrected chi connectivity index (χ1v) is 9.09. The van der Waals surface area contributed by atoms with E-state index in [0.29, 0.717) is 29.1 Å².